The van der Waals surface area contributed by atoms with Crippen molar-refractivity contribution in [2.45, 2.75) is 45.8 Å². The summed E-state index contributed by atoms with van der Waals surface area (Å²) in [7, 11) is 0. The van der Waals surface area contributed by atoms with Crippen LogP contribution in [0.2, 0.25) is 0 Å². The zero-order valence-corrected chi connectivity index (χ0v) is 10.3. The predicted molar refractivity (Wildman–Crippen MR) is 63.3 cm³/mol. The Morgan fingerprint density at radius 3 is 2.88 bits per heavy atom. The minimum absolute atomic E-state index is 0.285. The van der Waals surface area contributed by atoms with Gasteiger partial charge in [-0.3, -0.25) is 0 Å². The number of nitrogens with zero attached hydrogens (tertiary/aromatic N) is 3. The summed E-state index contributed by atoms with van der Waals surface area (Å²) >= 11 is 0. The van der Waals surface area contributed by atoms with Crippen LogP contribution >= 0.6 is 0 Å². The van der Waals surface area contributed by atoms with Gasteiger partial charge in [-0.05, 0) is 26.8 Å². The summed E-state index contributed by atoms with van der Waals surface area (Å²) < 4.78 is 1.85. The van der Waals surface area contributed by atoms with E-state index in [1.165, 1.54) is 0 Å². The Morgan fingerprint density at radius 1 is 1.50 bits per heavy atom. The summed E-state index contributed by atoms with van der Waals surface area (Å²) in [5.41, 5.74) is 0. The number of hydrogen-bond donors (Lipinski definition) is 2. The highest BCUT2D eigenvalue weighted by Crippen LogP contribution is 2.07. The lowest BCUT2D eigenvalue weighted by atomic mass is 10.2. The van der Waals surface area contributed by atoms with Crippen LogP contribution < -0.4 is 5.32 Å². The van der Waals surface area contributed by atoms with Crippen LogP contribution in [-0.2, 0) is 6.42 Å². The molecule has 0 aromatic carbocycles. The van der Waals surface area contributed by atoms with Crippen LogP contribution in [0, 0.1) is 0 Å². The average Bonchev–Trinajstić information content (AvgIpc) is 2.66. The standard InChI is InChI=1S/C11H22N4O/c1-4-5-12-7-10(16)6-11-13-8-14-15(11)9(2)3/h8-10,12,16H,4-7H2,1-3H3. The van der Waals surface area contributed by atoms with Crippen molar-refractivity contribution >= 4 is 0 Å². The SMILES string of the molecule is CCCNCC(O)Cc1ncnn1C(C)C. The van der Waals surface area contributed by atoms with Gasteiger partial charge in [0.1, 0.15) is 12.2 Å². The molecule has 0 saturated heterocycles. The van der Waals surface area contributed by atoms with Crippen molar-refractivity contribution in [3.8, 4) is 0 Å². The smallest absolute Gasteiger partial charge is 0.138 e. The van der Waals surface area contributed by atoms with E-state index in [4.69, 9.17) is 0 Å². The molecule has 0 aliphatic carbocycles. The number of nitrogens with one attached hydrogen (secondary N) is 1. The molecule has 0 amide bonds. The quantitative estimate of drug-likeness (QED) is 0.674. The zero-order chi connectivity index (χ0) is 12.0. The third-order valence-corrected chi connectivity index (χ3v) is 2.36. The highest BCUT2D eigenvalue weighted by atomic mass is 16.3. The first-order valence-electron chi connectivity index (χ1n) is 5.92. The van der Waals surface area contributed by atoms with Gasteiger partial charge in [-0.25, -0.2) is 9.67 Å². The van der Waals surface area contributed by atoms with Crippen LogP contribution in [0.15, 0.2) is 6.33 Å². The summed E-state index contributed by atoms with van der Waals surface area (Å²) in [6.07, 6.45) is 2.78. The topological polar surface area (TPSA) is 63.0 Å². The highest BCUT2D eigenvalue weighted by Gasteiger charge is 2.12. The van der Waals surface area contributed by atoms with E-state index in [0.29, 0.717) is 13.0 Å². The summed E-state index contributed by atoms with van der Waals surface area (Å²) in [5.74, 6) is 0.848. The Hall–Kier alpha value is -0.940. The zero-order valence-electron chi connectivity index (χ0n) is 10.3. The molecule has 0 radical (unpaired) electrons. The van der Waals surface area contributed by atoms with Gasteiger partial charge >= 0.3 is 0 Å². The second kappa shape index (κ2) is 6.60. The molecule has 1 rings (SSSR count). The van der Waals surface area contributed by atoms with Crippen LogP contribution in [0.1, 0.15) is 39.1 Å². The molecular weight excluding hydrogens is 204 g/mol. The van der Waals surface area contributed by atoms with Gasteiger partial charge in [-0.1, -0.05) is 6.92 Å². The van der Waals surface area contributed by atoms with Crippen LogP contribution in [0.25, 0.3) is 0 Å². The first-order valence-corrected chi connectivity index (χ1v) is 5.92. The van der Waals surface area contributed by atoms with E-state index in [1.54, 1.807) is 6.33 Å². The fourth-order valence-corrected chi connectivity index (χ4v) is 1.58. The van der Waals surface area contributed by atoms with E-state index in [0.717, 1.165) is 18.8 Å². The largest absolute Gasteiger partial charge is 0.391 e. The lowest BCUT2D eigenvalue weighted by Gasteiger charge is -2.13. The molecule has 0 aliphatic heterocycles. The third-order valence-electron chi connectivity index (χ3n) is 2.36. The Morgan fingerprint density at radius 2 is 2.25 bits per heavy atom. The predicted octanol–water partition coefficient (Wildman–Crippen LogP) is 0.762. The van der Waals surface area contributed by atoms with Crippen molar-refractivity contribution in [2.24, 2.45) is 0 Å². The maximum atomic E-state index is 9.81. The van der Waals surface area contributed by atoms with Crippen LogP contribution in [0.3, 0.4) is 0 Å². The average molecular weight is 226 g/mol. The van der Waals surface area contributed by atoms with Gasteiger partial charge in [0.2, 0.25) is 0 Å². The van der Waals surface area contributed by atoms with Crippen molar-refractivity contribution in [1.82, 2.24) is 20.1 Å². The van der Waals surface area contributed by atoms with E-state index in [9.17, 15) is 5.11 Å². The molecule has 0 fully saturated rings. The molecule has 0 saturated carbocycles. The van der Waals surface area contributed by atoms with E-state index >= 15 is 0 Å². The molecule has 0 spiro atoms. The van der Waals surface area contributed by atoms with Gasteiger partial charge in [0.25, 0.3) is 0 Å². The van der Waals surface area contributed by atoms with Crippen molar-refractivity contribution < 1.29 is 5.11 Å². The van der Waals surface area contributed by atoms with Gasteiger partial charge in [0.05, 0.1) is 6.10 Å². The second-order valence-electron chi connectivity index (χ2n) is 4.28. The Balaban J connectivity index is 2.43. The summed E-state index contributed by atoms with van der Waals surface area (Å²) in [6, 6.07) is 0.285. The van der Waals surface area contributed by atoms with Gasteiger partial charge in [-0.15, -0.1) is 0 Å². The first kappa shape index (κ1) is 13.1. The van der Waals surface area contributed by atoms with Crippen LogP contribution in [0.4, 0.5) is 0 Å². The molecule has 0 bridgehead atoms. The Bertz CT molecular complexity index is 298. The van der Waals surface area contributed by atoms with Crippen LogP contribution in [0.5, 0.6) is 0 Å². The summed E-state index contributed by atoms with van der Waals surface area (Å²) in [4.78, 5) is 4.17. The van der Waals surface area contributed by atoms with E-state index < -0.39 is 6.10 Å². The van der Waals surface area contributed by atoms with Crippen molar-refractivity contribution in [2.75, 3.05) is 13.1 Å². The normalized spacial score (nSPS) is 13.3. The van der Waals surface area contributed by atoms with Gasteiger partial charge in [0, 0.05) is 19.0 Å². The van der Waals surface area contributed by atoms with Crippen LogP contribution in [-0.4, -0.2) is 39.1 Å². The number of hydrogen-bond acceptors (Lipinski definition) is 4. The summed E-state index contributed by atoms with van der Waals surface area (Å²) in [6.45, 7) is 7.77. The van der Waals surface area contributed by atoms with Crippen molar-refractivity contribution in [3.05, 3.63) is 12.2 Å². The summed E-state index contributed by atoms with van der Waals surface area (Å²) in [5, 5.41) is 17.1. The number of aliphatic hydroxyl groups excluding tert-OH is 1. The Kier molecular flexibility index (Phi) is 5.42. The van der Waals surface area contributed by atoms with E-state index in [-0.39, 0.29) is 6.04 Å². The Labute approximate surface area is 96.9 Å². The van der Waals surface area contributed by atoms with E-state index in [2.05, 4.69) is 36.2 Å². The maximum absolute atomic E-state index is 9.81. The molecule has 16 heavy (non-hydrogen) atoms. The number of rotatable bonds is 7. The molecule has 5 nitrogen and oxygen atoms in total. The minimum atomic E-state index is -0.395. The van der Waals surface area contributed by atoms with E-state index in [1.807, 2.05) is 4.68 Å². The van der Waals surface area contributed by atoms with Gasteiger partial charge in [0.15, 0.2) is 0 Å². The first-order chi connectivity index (χ1) is 7.65. The van der Waals surface area contributed by atoms with Gasteiger partial charge < -0.3 is 10.4 Å². The third kappa shape index (κ3) is 3.90. The molecule has 1 unspecified atom stereocenters. The fourth-order valence-electron chi connectivity index (χ4n) is 1.58. The fraction of sp³-hybridized carbons (Fsp3) is 0.818. The monoisotopic (exact) mass is 226 g/mol. The molecule has 1 atom stereocenters. The molecule has 1 aromatic rings. The molecule has 0 aliphatic rings. The molecule has 5 heteroatoms. The highest BCUT2D eigenvalue weighted by molar-refractivity contribution is 4.89. The second-order valence-corrected chi connectivity index (χ2v) is 4.28. The lowest BCUT2D eigenvalue weighted by molar-refractivity contribution is 0.167. The van der Waals surface area contributed by atoms with Crippen molar-refractivity contribution in [1.29, 1.82) is 0 Å². The molecular formula is C11H22N4O. The molecule has 1 heterocycles. The molecule has 92 valence electrons. The van der Waals surface area contributed by atoms with Crippen molar-refractivity contribution in [3.63, 3.8) is 0 Å². The number of aliphatic hydroxyl groups is 1. The maximum Gasteiger partial charge on any atom is 0.138 e. The number of aromatic nitrogens is 3. The molecule has 2 N–H and O–H groups in total. The minimum Gasteiger partial charge on any atom is -0.391 e. The lowest BCUT2D eigenvalue weighted by Crippen LogP contribution is -2.30. The molecule has 1 aromatic heterocycles. The van der Waals surface area contributed by atoms with Gasteiger partial charge in [-0.2, -0.15) is 5.10 Å².